The molecule has 0 amide bonds. The smallest absolute Gasteiger partial charge is 0.156 e. The molecule has 0 saturated carbocycles. The molecule has 1 aromatic rings. The van der Waals surface area contributed by atoms with Crippen LogP contribution >= 0.6 is 34.2 Å². The summed E-state index contributed by atoms with van der Waals surface area (Å²) in [6, 6.07) is 0. The van der Waals surface area contributed by atoms with Crippen molar-refractivity contribution in [3.05, 3.63) is 20.2 Å². The number of hydrogen-bond acceptors (Lipinski definition) is 4. The van der Waals surface area contributed by atoms with Gasteiger partial charge < -0.3 is 9.47 Å². The van der Waals surface area contributed by atoms with Crippen LogP contribution in [0.4, 0.5) is 0 Å². The molecule has 0 fully saturated rings. The molecular weight excluding hydrogens is 318 g/mol. The van der Waals surface area contributed by atoms with Crippen molar-refractivity contribution >= 4 is 34.2 Å². The summed E-state index contributed by atoms with van der Waals surface area (Å²) in [6.07, 6.45) is 0. The zero-order chi connectivity index (χ0) is 10.6. The van der Waals surface area contributed by atoms with E-state index >= 15 is 0 Å². The summed E-state index contributed by atoms with van der Waals surface area (Å²) in [5, 5.41) is 0.444. The molecule has 0 aliphatic rings. The van der Waals surface area contributed by atoms with Crippen LogP contribution in [0.2, 0.25) is 5.15 Å². The van der Waals surface area contributed by atoms with Gasteiger partial charge in [0.2, 0.25) is 0 Å². The molecule has 0 radical (unpaired) electrons. The largest absolute Gasteiger partial charge is 0.378 e. The normalized spacial score (nSPS) is 10.6. The quantitative estimate of drug-likeness (QED) is 0.627. The fraction of sp³-hybridized carbons (Fsp3) is 0.500. The molecule has 0 atom stereocenters. The number of hydrogen-bond donors (Lipinski definition) is 0. The molecular formula is C8H10ClIN2O2. The summed E-state index contributed by atoms with van der Waals surface area (Å²) in [6.45, 7) is 0.782. The average molecular weight is 329 g/mol. The third kappa shape index (κ3) is 3.01. The van der Waals surface area contributed by atoms with Gasteiger partial charge >= 0.3 is 0 Å². The highest BCUT2D eigenvalue weighted by Crippen LogP contribution is 2.19. The molecule has 14 heavy (non-hydrogen) atoms. The Morgan fingerprint density at radius 3 is 2.43 bits per heavy atom. The van der Waals surface area contributed by atoms with Crippen molar-refractivity contribution in [2.75, 3.05) is 14.2 Å². The zero-order valence-corrected chi connectivity index (χ0v) is 10.8. The SMILES string of the molecule is COCc1nc(Cl)c(I)c(COC)n1. The van der Waals surface area contributed by atoms with Crippen LogP contribution in [0, 0.1) is 3.57 Å². The van der Waals surface area contributed by atoms with E-state index in [1.165, 1.54) is 0 Å². The second-order valence-corrected chi connectivity index (χ2v) is 3.99. The summed E-state index contributed by atoms with van der Waals surface area (Å²) >= 11 is 8.02. The molecule has 0 bridgehead atoms. The van der Waals surface area contributed by atoms with Gasteiger partial charge in [0.15, 0.2) is 5.82 Å². The summed E-state index contributed by atoms with van der Waals surface area (Å²) in [7, 11) is 3.20. The molecule has 4 nitrogen and oxygen atoms in total. The molecule has 0 unspecified atom stereocenters. The Morgan fingerprint density at radius 1 is 1.21 bits per heavy atom. The van der Waals surface area contributed by atoms with Crippen molar-refractivity contribution in [3.63, 3.8) is 0 Å². The van der Waals surface area contributed by atoms with E-state index in [0.717, 1.165) is 9.26 Å². The van der Waals surface area contributed by atoms with E-state index in [4.69, 9.17) is 21.1 Å². The number of nitrogens with zero attached hydrogens (tertiary/aromatic N) is 2. The number of ether oxygens (including phenoxy) is 2. The van der Waals surface area contributed by atoms with Gasteiger partial charge in [0.1, 0.15) is 11.8 Å². The third-order valence-corrected chi connectivity index (χ3v) is 3.21. The lowest BCUT2D eigenvalue weighted by Gasteiger charge is -2.06. The van der Waals surface area contributed by atoms with E-state index in [1.807, 2.05) is 0 Å². The predicted molar refractivity (Wildman–Crippen MR) is 61.2 cm³/mol. The van der Waals surface area contributed by atoms with Gasteiger partial charge in [0, 0.05) is 14.2 Å². The minimum Gasteiger partial charge on any atom is -0.378 e. The second kappa shape index (κ2) is 5.79. The zero-order valence-electron chi connectivity index (χ0n) is 7.88. The minimum absolute atomic E-state index is 0.355. The highest BCUT2D eigenvalue weighted by atomic mass is 127. The predicted octanol–water partition coefficient (Wildman–Crippen LogP) is 2.03. The van der Waals surface area contributed by atoms with Crippen LogP contribution in [0.15, 0.2) is 0 Å². The van der Waals surface area contributed by atoms with Gasteiger partial charge in [-0.3, -0.25) is 0 Å². The maximum atomic E-state index is 5.92. The van der Waals surface area contributed by atoms with Crippen molar-refractivity contribution in [1.29, 1.82) is 0 Å². The van der Waals surface area contributed by atoms with E-state index in [1.54, 1.807) is 14.2 Å². The second-order valence-electron chi connectivity index (χ2n) is 2.56. The number of rotatable bonds is 4. The van der Waals surface area contributed by atoms with Crippen molar-refractivity contribution in [2.45, 2.75) is 13.2 Å². The van der Waals surface area contributed by atoms with Crippen LogP contribution in [0.3, 0.4) is 0 Å². The standard InChI is InChI=1S/C8H10ClIN2O2/c1-13-3-5-7(10)8(9)12-6(11-5)4-14-2/h3-4H2,1-2H3. The van der Waals surface area contributed by atoms with Crippen LogP contribution in [0.5, 0.6) is 0 Å². The van der Waals surface area contributed by atoms with Crippen LogP contribution in [-0.4, -0.2) is 24.2 Å². The summed E-state index contributed by atoms with van der Waals surface area (Å²) in [4.78, 5) is 8.33. The van der Waals surface area contributed by atoms with Crippen LogP contribution < -0.4 is 0 Å². The molecule has 0 N–H and O–H groups in total. The van der Waals surface area contributed by atoms with E-state index in [0.29, 0.717) is 24.2 Å². The summed E-state index contributed by atoms with van der Waals surface area (Å²) in [5.74, 6) is 0.574. The van der Waals surface area contributed by atoms with Gasteiger partial charge in [-0.2, -0.15) is 0 Å². The van der Waals surface area contributed by atoms with E-state index < -0.39 is 0 Å². The van der Waals surface area contributed by atoms with Crippen LogP contribution in [-0.2, 0) is 22.7 Å². The van der Waals surface area contributed by atoms with E-state index in [-0.39, 0.29) is 0 Å². The molecule has 0 aliphatic carbocycles. The minimum atomic E-state index is 0.355. The van der Waals surface area contributed by atoms with Gasteiger partial charge in [-0.25, -0.2) is 9.97 Å². The van der Waals surface area contributed by atoms with Gasteiger partial charge in [-0.15, -0.1) is 0 Å². The molecule has 1 aromatic heterocycles. The molecule has 0 aliphatic heterocycles. The molecule has 0 saturated heterocycles. The molecule has 0 spiro atoms. The van der Waals surface area contributed by atoms with Gasteiger partial charge in [0.25, 0.3) is 0 Å². The molecule has 1 heterocycles. The first-order valence-corrected chi connectivity index (χ1v) is 5.33. The third-order valence-electron chi connectivity index (χ3n) is 1.48. The first-order chi connectivity index (χ1) is 6.69. The number of aromatic nitrogens is 2. The lowest BCUT2D eigenvalue weighted by atomic mass is 10.4. The lowest BCUT2D eigenvalue weighted by Crippen LogP contribution is -2.05. The highest BCUT2D eigenvalue weighted by Gasteiger charge is 2.09. The average Bonchev–Trinajstić information content (AvgIpc) is 2.14. The Bertz CT molecular complexity index is 322. The molecule has 78 valence electrons. The fourth-order valence-electron chi connectivity index (χ4n) is 0.937. The maximum absolute atomic E-state index is 5.92. The van der Waals surface area contributed by atoms with Gasteiger partial charge in [-0.1, -0.05) is 11.6 Å². The Kier molecular flexibility index (Phi) is 5.00. The van der Waals surface area contributed by atoms with E-state index in [9.17, 15) is 0 Å². The Morgan fingerprint density at radius 2 is 1.86 bits per heavy atom. The lowest BCUT2D eigenvalue weighted by molar-refractivity contribution is 0.170. The van der Waals surface area contributed by atoms with Crippen molar-refractivity contribution in [2.24, 2.45) is 0 Å². The Balaban J connectivity index is 3.01. The monoisotopic (exact) mass is 328 g/mol. The fourth-order valence-corrected chi connectivity index (χ4v) is 1.54. The van der Waals surface area contributed by atoms with Crippen molar-refractivity contribution in [3.8, 4) is 0 Å². The Hall–Kier alpha value is 0.0200. The summed E-state index contributed by atoms with van der Waals surface area (Å²) < 4.78 is 10.8. The first kappa shape index (κ1) is 12.1. The first-order valence-electron chi connectivity index (χ1n) is 3.87. The van der Waals surface area contributed by atoms with Gasteiger partial charge in [-0.05, 0) is 22.6 Å². The topological polar surface area (TPSA) is 44.2 Å². The van der Waals surface area contributed by atoms with Crippen LogP contribution in [0.25, 0.3) is 0 Å². The van der Waals surface area contributed by atoms with Crippen molar-refractivity contribution in [1.82, 2.24) is 9.97 Å². The molecule has 0 aromatic carbocycles. The number of methoxy groups -OCH3 is 2. The highest BCUT2D eigenvalue weighted by molar-refractivity contribution is 14.1. The molecule has 1 rings (SSSR count). The molecule has 6 heteroatoms. The number of halogens is 2. The van der Waals surface area contributed by atoms with Crippen molar-refractivity contribution < 1.29 is 9.47 Å². The van der Waals surface area contributed by atoms with E-state index in [2.05, 4.69) is 32.6 Å². The Labute approximate surface area is 101 Å². The maximum Gasteiger partial charge on any atom is 0.156 e. The van der Waals surface area contributed by atoms with Gasteiger partial charge in [0.05, 0.1) is 15.9 Å². The van der Waals surface area contributed by atoms with Crippen LogP contribution in [0.1, 0.15) is 11.5 Å². The summed E-state index contributed by atoms with van der Waals surface area (Å²) in [5.41, 5.74) is 0.792.